The molecule has 0 bridgehead atoms. The van der Waals surface area contributed by atoms with Crippen LogP contribution in [0.15, 0.2) is 0 Å². The number of nitrogens with one attached hydrogen (secondary N) is 1. The van der Waals surface area contributed by atoms with Crippen molar-refractivity contribution in [3.05, 3.63) is 0 Å². The van der Waals surface area contributed by atoms with Crippen molar-refractivity contribution in [2.75, 3.05) is 26.8 Å². The fraction of sp³-hybridized carbons (Fsp3) is 0.857. The maximum absolute atomic E-state index is 12.2. The molecule has 2 aliphatic rings. The lowest BCUT2D eigenvalue weighted by molar-refractivity contribution is -0.129. The second-order valence-corrected chi connectivity index (χ2v) is 5.70. The van der Waals surface area contributed by atoms with Crippen LogP contribution in [0.4, 0.5) is 0 Å². The number of aliphatic hydroxyl groups excluding tert-OH is 1. The molecule has 6 heteroatoms. The third kappa shape index (κ3) is 3.70. The van der Waals surface area contributed by atoms with Crippen LogP contribution >= 0.6 is 0 Å². The van der Waals surface area contributed by atoms with Gasteiger partial charge in [-0.05, 0) is 12.8 Å². The van der Waals surface area contributed by atoms with Crippen LogP contribution in [-0.2, 0) is 14.3 Å². The van der Waals surface area contributed by atoms with E-state index in [9.17, 15) is 14.7 Å². The van der Waals surface area contributed by atoms with E-state index in [1.54, 1.807) is 12.0 Å². The van der Waals surface area contributed by atoms with E-state index in [2.05, 4.69) is 5.32 Å². The summed E-state index contributed by atoms with van der Waals surface area (Å²) < 4.78 is 4.96. The van der Waals surface area contributed by atoms with Crippen LogP contribution in [0, 0.1) is 5.92 Å². The van der Waals surface area contributed by atoms with Crippen LogP contribution in [0.25, 0.3) is 0 Å². The van der Waals surface area contributed by atoms with Gasteiger partial charge in [0.15, 0.2) is 0 Å². The SMILES string of the molecule is COCCN1CC(C(=O)NC2CCCCC2O)CC1=O. The first kappa shape index (κ1) is 15.3. The van der Waals surface area contributed by atoms with Crippen molar-refractivity contribution in [1.82, 2.24) is 10.2 Å². The number of hydrogen-bond acceptors (Lipinski definition) is 4. The zero-order chi connectivity index (χ0) is 14.5. The zero-order valence-corrected chi connectivity index (χ0v) is 12.0. The van der Waals surface area contributed by atoms with E-state index in [1.807, 2.05) is 0 Å². The molecule has 6 nitrogen and oxygen atoms in total. The zero-order valence-electron chi connectivity index (χ0n) is 12.0. The minimum Gasteiger partial charge on any atom is -0.391 e. The first-order valence-electron chi connectivity index (χ1n) is 7.37. The maximum atomic E-state index is 12.2. The summed E-state index contributed by atoms with van der Waals surface area (Å²) in [6.45, 7) is 1.48. The standard InChI is InChI=1S/C14H24N2O4/c1-20-7-6-16-9-10(8-13(16)18)14(19)15-11-4-2-3-5-12(11)17/h10-12,17H,2-9H2,1H3,(H,15,19). The highest BCUT2D eigenvalue weighted by Gasteiger charge is 2.35. The van der Waals surface area contributed by atoms with Crippen LogP contribution in [0.5, 0.6) is 0 Å². The van der Waals surface area contributed by atoms with Gasteiger partial charge in [-0.25, -0.2) is 0 Å². The number of aliphatic hydroxyl groups is 1. The van der Waals surface area contributed by atoms with Crippen LogP contribution in [-0.4, -0.2) is 60.8 Å². The molecular formula is C14H24N2O4. The minimum atomic E-state index is -0.450. The molecule has 1 aliphatic carbocycles. The van der Waals surface area contributed by atoms with E-state index < -0.39 is 6.10 Å². The average molecular weight is 284 g/mol. The third-order valence-corrected chi connectivity index (χ3v) is 4.21. The maximum Gasteiger partial charge on any atom is 0.225 e. The highest BCUT2D eigenvalue weighted by atomic mass is 16.5. The van der Waals surface area contributed by atoms with Gasteiger partial charge in [0, 0.05) is 26.6 Å². The van der Waals surface area contributed by atoms with Gasteiger partial charge in [0.1, 0.15) is 0 Å². The molecule has 20 heavy (non-hydrogen) atoms. The summed E-state index contributed by atoms with van der Waals surface area (Å²) in [7, 11) is 1.59. The molecule has 3 unspecified atom stereocenters. The van der Waals surface area contributed by atoms with Crippen molar-refractivity contribution >= 4 is 11.8 Å². The predicted octanol–water partition coefficient (Wildman–Crippen LogP) is -0.0990. The molecule has 1 aliphatic heterocycles. The molecular weight excluding hydrogens is 260 g/mol. The molecule has 114 valence electrons. The molecule has 0 spiro atoms. The smallest absolute Gasteiger partial charge is 0.225 e. The number of carbonyl (C=O) groups is 2. The van der Waals surface area contributed by atoms with Crippen molar-refractivity contribution in [2.24, 2.45) is 5.92 Å². The monoisotopic (exact) mass is 284 g/mol. The molecule has 1 saturated heterocycles. The summed E-state index contributed by atoms with van der Waals surface area (Å²) in [5.74, 6) is -0.399. The van der Waals surface area contributed by atoms with Crippen LogP contribution in [0.2, 0.25) is 0 Å². The number of carbonyl (C=O) groups excluding carboxylic acids is 2. The number of methoxy groups -OCH3 is 1. The van der Waals surface area contributed by atoms with Gasteiger partial charge in [0.2, 0.25) is 11.8 Å². The van der Waals surface area contributed by atoms with Crippen LogP contribution < -0.4 is 5.32 Å². The second kappa shape index (κ2) is 7.04. The topological polar surface area (TPSA) is 78.9 Å². The summed E-state index contributed by atoms with van der Waals surface area (Å²) in [5, 5.41) is 12.8. The fourth-order valence-electron chi connectivity index (χ4n) is 2.95. The normalized spacial score (nSPS) is 30.6. The van der Waals surface area contributed by atoms with E-state index in [0.717, 1.165) is 25.7 Å². The molecule has 0 aromatic heterocycles. The van der Waals surface area contributed by atoms with Crippen molar-refractivity contribution in [1.29, 1.82) is 0 Å². The molecule has 1 heterocycles. The summed E-state index contributed by atoms with van der Waals surface area (Å²) in [4.78, 5) is 25.7. The predicted molar refractivity (Wildman–Crippen MR) is 73.0 cm³/mol. The second-order valence-electron chi connectivity index (χ2n) is 5.70. The van der Waals surface area contributed by atoms with Gasteiger partial charge in [0.05, 0.1) is 24.7 Å². The molecule has 2 rings (SSSR count). The summed E-state index contributed by atoms with van der Waals surface area (Å²) in [6.07, 6.45) is 3.43. The summed E-state index contributed by atoms with van der Waals surface area (Å²) in [5.41, 5.74) is 0. The number of ether oxygens (including phenoxy) is 1. The Balaban J connectivity index is 1.82. The highest BCUT2D eigenvalue weighted by molar-refractivity contribution is 5.89. The van der Waals surface area contributed by atoms with Gasteiger partial charge in [0.25, 0.3) is 0 Å². The number of amides is 2. The van der Waals surface area contributed by atoms with Crippen molar-refractivity contribution in [3.8, 4) is 0 Å². The van der Waals surface area contributed by atoms with Crippen LogP contribution in [0.3, 0.4) is 0 Å². The number of likely N-dealkylation sites (tertiary alicyclic amines) is 1. The highest BCUT2D eigenvalue weighted by Crippen LogP contribution is 2.21. The van der Waals surface area contributed by atoms with Gasteiger partial charge < -0.3 is 20.1 Å². The first-order valence-corrected chi connectivity index (χ1v) is 7.37. The van der Waals surface area contributed by atoms with Crippen molar-refractivity contribution in [3.63, 3.8) is 0 Å². The van der Waals surface area contributed by atoms with E-state index in [1.165, 1.54) is 0 Å². The van der Waals surface area contributed by atoms with Gasteiger partial charge in [-0.3, -0.25) is 9.59 Å². The molecule has 3 atom stereocenters. The Morgan fingerprint density at radius 1 is 1.45 bits per heavy atom. The Morgan fingerprint density at radius 3 is 2.90 bits per heavy atom. The van der Waals surface area contributed by atoms with E-state index >= 15 is 0 Å². The Labute approximate surface area is 119 Å². The Kier molecular flexibility index (Phi) is 5.37. The third-order valence-electron chi connectivity index (χ3n) is 4.21. The lowest BCUT2D eigenvalue weighted by Crippen LogP contribution is -2.47. The van der Waals surface area contributed by atoms with Gasteiger partial charge in [-0.15, -0.1) is 0 Å². The minimum absolute atomic E-state index is 0.00592. The largest absolute Gasteiger partial charge is 0.391 e. The van der Waals surface area contributed by atoms with Gasteiger partial charge in [-0.2, -0.15) is 0 Å². The van der Waals surface area contributed by atoms with Crippen molar-refractivity contribution < 1.29 is 19.4 Å². The van der Waals surface area contributed by atoms with Gasteiger partial charge in [-0.1, -0.05) is 12.8 Å². The molecule has 2 fully saturated rings. The van der Waals surface area contributed by atoms with Crippen molar-refractivity contribution in [2.45, 2.75) is 44.2 Å². The lowest BCUT2D eigenvalue weighted by atomic mass is 9.92. The number of nitrogens with zero attached hydrogens (tertiary/aromatic N) is 1. The Morgan fingerprint density at radius 2 is 2.20 bits per heavy atom. The number of hydrogen-bond donors (Lipinski definition) is 2. The summed E-state index contributed by atoms with van der Waals surface area (Å²) in [6, 6.07) is -0.153. The molecule has 0 aromatic rings. The Hall–Kier alpha value is -1.14. The molecule has 2 N–H and O–H groups in total. The molecule has 2 amide bonds. The average Bonchev–Trinajstić information content (AvgIpc) is 2.80. The Bertz CT molecular complexity index is 361. The fourth-order valence-corrected chi connectivity index (χ4v) is 2.95. The molecule has 0 radical (unpaired) electrons. The van der Waals surface area contributed by atoms with Crippen LogP contribution in [0.1, 0.15) is 32.1 Å². The van der Waals surface area contributed by atoms with E-state index in [4.69, 9.17) is 4.74 Å². The molecule has 1 saturated carbocycles. The summed E-state index contributed by atoms with van der Waals surface area (Å²) >= 11 is 0. The number of rotatable bonds is 5. The molecule has 0 aromatic carbocycles. The van der Waals surface area contributed by atoms with Gasteiger partial charge >= 0.3 is 0 Å². The van der Waals surface area contributed by atoms with E-state index in [0.29, 0.717) is 19.7 Å². The quantitative estimate of drug-likeness (QED) is 0.739. The first-order chi connectivity index (χ1) is 9.61. The lowest BCUT2D eigenvalue weighted by Gasteiger charge is -2.29. The van der Waals surface area contributed by atoms with E-state index in [-0.39, 0.29) is 30.2 Å².